The Bertz CT molecular complexity index is 610. The van der Waals surface area contributed by atoms with Gasteiger partial charge in [-0.15, -0.1) is 0 Å². The molecule has 2 aromatic rings. The third-order valence-electron chi connectivity index (χ3n) is 3.46. The Hall–Kier alpha value is -1.81. The fraction of sp³-hybridized carbons (Fsp3) is 0.471. The standard InChI is InChI=1S/C17H25N3O/c1-12(2)10-20(4)11-14-8-13-6-7-15(21-5)9-16(13)19-17(14)18-3/h6-9,12H,10-11H2,1-5H3,(H,18,19). The molecule has 4 nitrogen and oxygen atoms in total. The van der Waals surface area contributed by atoms with Gasteiger partial charge < -0.3 is 15.0 Å². The zero-order valence-corrected chi connectivity index (χ0v) is 13.6. The third kappa shape index (κ3) is 3.85. The quantitative estimate of drug-likeness (QED) is 0.884. The van der Waals surface area contributed by atoms with Crippen LogP contribution in [0.25, 0.3) is 10.9 Å². The summed E-state index contributed by atoms with van der Waals surface area (Å²) in [5, 5.41) is 4.35. The van der Waals surface area contributed by atoms with Gasteiger partial charge in [0, 0.05) is 37.2 Å². The molecular formula is C17H25N3O. The number of aromatic nitrogens is 1. The number of pyridine rings is 1. The van der Waals surface area contributed by atoms with Gasteiger partial charge in [-0.2, -0.15) is 0 Å². The van der Waals surface area contributed by atoms with Crippen molar-refractivity contribution in [2.75, 3.05) is 33.1 Å². The van der Waals surface area contributed by atoms with Gasteiger partial charge in [0.05, 0.1) is 12.6 Å². The molecule has 4 heteroatoms. The van der Waals surface area contributed by atoms with E-state index in [0.29, 0.717) is 5.92 Å². The highest BCUT2D eigenvalue weighted by atomic mass is 16.5. The predicted octanol–water partition coefficient (Wildman–Crippen LogP) is 3.37. The molecule has 0 aliphatic heterocycles. The van der Waals surface area contributed by atoms with Crippen LogP contribution in [-0.4, -0.2) is 37.6 Å². The summed E-state index contributed by atoms with van der Waals surface area (Å²) in [4.78, 5) is 7.05. The summed E-state index contributed by atoms with van der Waals surface area (Å²) in [5.74, 6) is 2.43. The molecule has 0 atom stereocenters. The summed E-state index contributed by atoms with van der Waals surface area (Å²) in [6.45, 7) is 6.44. The number of benzene rings is 1. The second-order valence-corrected chi connectivity index (χ2v) is 5.90. The van der Waals surface area contributed by atoms with Crippen LogP contribution in [0.5, 0.6) is 5.75 Å². The number of fused-ring (bicyclic) bond motifs is 1. The van der Waals surface area contributed by atoms with Gasteiger partial charge in [-0.3, -0.25) is 0 Å². The largest absolute Gasteiger partial charge is 0.497 e. The number of ether oxygens (including phenoxy) is 1. The number of methoxy groups -OCH3 is 1. The minimum Gasteiger partial charge on any atom is -0.497 e. The van der Waals surface area contributed by atoms with Crippen LogP contribution in [0.15, 0.2) is 24.3 Å². The minimum atomic E-state index is 0.658. The number of hydrogen-bond donors (Lipinski definition) is 1. The van der Waals surface area contributed by atoms with Crippen LogP contribution in [0, 0.1) is 5.92 Å². The first-order valence-electron chi connectivity index (χ1n) is 7.37. The molecule has 0 aliphatic carbocycles. The molecule has 1 heterocycles. The summed E-state index contributed by atoms with van der Waals surface area (Å²) < 4.78 is 5.27. The molecule has 114 valence electrons. The highest BCUT2D eigenvalue weighted by Gasteiger charge is 2.10. The van der Waals surface area contributed by atoms with E-state index in [1.165, 1.54) is 5.56 Å². The van der Waals surface area contributed by atoms with Gasteiger partial charge in [0.25, 0.3) is 0 Å². The van der Waals surface area contributed by atoms with E-state index in [4.69, 9.17) is 9.72 Å². The molecule has 0 spiro atoms. The smallest absolute Gasteiger partial charge is 0.130 e. The van der Waals surface area contributed by atoms with Crippen LogP contribution in [-0.2, 0) is 6.54 Å². The first-order chi connectivity index (χ1) is 10.0. The number of anilines is 1. The lowest BCUT2D eigenvalue weighted by Crippen LogP contribution is -2.23. The number of nitrogens with one attached hydrogen (secondary N) is 1. The van der Waals surface area contributed by atoms with Crippen LogP contribution in [0.4, 0.5) is 5.82 Å². The molecule has 1 N–H and O–H groups in total. The Labute approximate surface area is 127 Å². The van der Waals surface area contributed by atoms with Crippen LogP contribution in [0.3, 0.4) is 0 Å². The van der Waals surface area contributed by atoms with E-state index in [1.807, 2.05) is 19.2 Å². The molecule has 0 radical (unpaired) electrons. The van der Waals surface area contributed by atoms with Gasteiger partial charge in [-0.25, -0.2) is 4.98 Å². The first-order valence-corrected chi connectivity index (χ1v) is 7.37. The van der Waals surface area contributed by atoms with Crippen molar-refractivity contribution in [3.63, 3.8) is 0 Å². The van der Waals surface area contributed by atoms with E-state index in [0.717, 1.165) is 35.6 Å². The van der Waals surface area contributed by atoms with Crippen molar-refractivity contribution in [2.24, 2.45) is 5.92 Å². The van der Waals surface area contributed by atoms with Crippen LogP contribution in [0.1, 0.15) is 19.4 Å². The highest BCUT2D eigenvalue weighted by Crippen LogP contribution is 2.25. The van der Waals surface area contributed by atoms with Crippen molar-refractivity contribution in [1.29, 1.82) is 0 Å². The molecular weight excluding hydrogens is 262 g/mol. The predicted molar refractivity (Wildman–Crippen MR) is 89.0 cm³/mol. The SMILES string of the molecule is CNc1nc2cc(OC)ccc2cc1CN(C)CC(C)C. The van der Waals surface area contributed by atoms with Crippen LogP contribution >= 0.6 is 0 Å². The molecule has 0 unspecified atom stereocenters. The Balaban J connectivity index is 2.34. The molecule has 0 saturated heterocycles. The molecule has 2 rings (SSSR count). The van der Waals surface area contributed by atoms with Crippen molar-refractivity contribution in [2.45, 2.75) is 20.4 Å². The molecule has 1 aromatic carbocycles. The third-order valence-corrected chi connectivity index (χ3v) is 3.46. The van der Waals surface area contributed by atoms with Crippen molar-refractivity contribution in [3.05, 3.63) is 29.8 Å². The van der Waals surface area contributed by atoms with E-state index in [9.17, 15) is 0 Å². The van der Waals surface area contributed by atoms with Crippen molar-refractivity contribution >= 4 is 16.7 Å². The second-order valence-electron chi connectivity index (χ2n) is 5.90. The van der Waals surface area contributed by atoms with Gasteiger partial charge in [-0.05, 0) is 31.2 Å². The lowest BCUT2D eigenvalue weighted by Gasteiger charge is -2.20. The molecule has 0 amide bonds. The van der Waals surface area contributed by atoms with Gasteiger partial charge in [0.15, 0.2) is 0 Å². The van der Waals surface area contributed by atoms with Crippen molar-refractivity contribution < 1.29 is 4.74 Å². The maximum Gasteiger partial charge on any atom is 0.130 e. The molecule has 0 aliphatic rings. The molecule has 21 heavy (non-hydrogen) atoms. The van der Waals surface area contributed by atoms with E-state index >= 15 is 0 Å². The maximum absolute atomic E-state index is 5.27. The normalized spacial score (nSPS) is 11.4. The Kier molecular flexibility index (Phi) is 5.02. The van der Waals surface area contributed by atoms with Crippen molar-refractivity contribution in [3.8, 4) is 5.75 Å². The molecule has 0 fully saturated rings. The van der Waals surface area contributed by atoms with Crippen LogP contribution < -0.4 is 10.1 Å². The topological polar surface area (TPSA) is 37.4 Å². The van der Waals surface area contributed by atoms with E-state index in [-0.39, 0.29) is 0 Å². The molecule has 1 aromatic heterocycles. The highest BCUT2D eigenvalue weighted by molar-refractivity contribution is 5.83. The van der Waals surface area contributed by atoms with Gasteiger partial charge in [-0.1, -0.05) is 13.8 Å². The van der Waals surface area contributed by atoms with E-state index < -0.39 is 0 Å². The zero-order chi connectivity index (χ0) is 15.4. The van der Waals surface area contributed by atoms with Crippen molar-refractivity contribution in [1.82, 2.24) is 9.88 Å². The minimum absolute atomic E-state index is 0.658. The van der Waals surface area contributed by atoms with E-state index in [2.05, 4.69) is 43.2 Å². The average molecular weight is 287 g/mol. The Morgan fingerprint density at radius 3 is 2.67 bits per heavy atom. The Morgan fingerprint density at radius 1 is 1.29 bits per heavy atom. The molecule has 0 bridgehead atoms. The average Bonchev–Trinajstić information content (AvgIpc) is 2.45. The van der Waals surface area contributed by atoms with Gasteiger partial charge >= 0.3 is 0 Å². The van der Waals surface area contributed by atoms with Gasteiger partial charge in [0.1, 0.15) is 11.6 Å². The second kappa shape index (κ2) is 6.76. The summed E-state index contributed by atoms with van der Waals surface area (Å²) in [6, 6.07) is 8.22. The monoisotopic (exact) mass is 287 g/mol. The number of rotatable bonds is 6. The summed E-state index contributed by atoms with van der Waals surface area (Å²) in [6.07, 6.45) is 0. The van der Waals surface area contributed by atoms with Crippen LogP contribution in [0.2, 0.25) is 0 Å². The number of hydrogen-bond acceptors (Lipinski definition) is 4. The lowest BCUT2D eigenvalue weighted by molar-refractivity contribution is 0.288. The summed E-state index contributed by atoms with van der Waals surface area (Å²) in [5.41, 5.74) is 2.17. The Morgan fingerprint density at radius 2 is 2.05 bits per heavy atom. The molecule has 0 saturated carbocycles. The number of nitrogens with zero attached hydrogens (tertiary/aromatic N) is 2. The fourth-order valence-electron chi connectivity index (χ4n) is 2.63. The first kappa shape index (κ1) is 15.6. The van der Waals surface area contributed by atoms with Gasteiger partial charge in [0.2, 0.25) is 0 Å². The lowest BCUT2D eigenvalue weighted by atomic mass is 10.1. The van der Waals surface area contributed by atoms with E-state index in [1.54, 1.807) is 7.11 Å². The summed E-state index contributed by atoms with van der Waals surface area (Å²) in [7, 11) is 5.74. The summed E-state index contributed by atoms with van der Waals surface area (Å²) >= 11 is 0. The fourth-order valence-corrected chi connectivity index (χ4v) is 2.63. The maximum atomic E-state index is 5.27. The zero-order valence-electron chi connectivity index (χ0n) is 13.6.